The molecule has 0 saturated carbocycles. The SMILES string of the molecule is CC1CCc2ncnc(N3CC4(CCNCC4)c4c3ccc(Cl)c4C#N)c21. The predicted molar refractivity (Wildman–Crippen MR) is 106 cm³/mol. The van der Waals surface area contributed by atoms with E-state index in [4.69, 9.17) is 16.6 Å². The van der Waals surface area contributed by atoms with Crippen molar-refractivity contribution in [2.24, 2.45) is 0 Å². The number of benzene rings is 1. The third-order valence-corrected chi connectivity index (χ3v) is 6.91. The monoisotopic (exact) mass is 379 g/mol. The van der Waals surface area contributed by atoms with Crippen LogP contribution in [0.3, 0.4) is 0 Å². The summed E-state index contributed by atoms with van der Waals surface area (Å²) in [6.45, 7) is 5.04. The number of rotatable bonds is 1. The van der Waals surface area contributed by atoms with E-state index in [1.807, 2.05) is 6.07 Å². The van der Waals surface area contributed by atoms with E-state index >= 15 is 0 Å². The molecule has 0 bridgehead atoms. The van der Waals surface area contributed by atoms with Crippen molar-refractivity contribution in [2.45, 2.75) is 43.9 Å². The normalized spacial score (nSPS) is 22.6. The van der Waals surface area contributed by atoms with E-state index < -0.39 is 0 Å². The molecule has 1 spiro atoms. The summed E-state index contributed by atoms with van der Waals surface area (Å²) in [5, 5.41) is 13.9. The maximum atomic E-state index is 9.86. The molecule has 0 amide bonds. The minimum absolute atomic E-state index is 0.0454. The van der Waals surface area contributed by atoms with Gasteiger partial charge in [-0.2, -0.15) is 5.26 Å². The molecule has 1 aromatic heterocycles. The fourth-order valence-corrected chi connectivity index (χ4v) is 5.44. The largest absolute Gasteiger partial charge is 0.325 e. The van der Waals surface area contributed by atoms with Crippen LogP contribution in [0.25, 0.3) is 0 Å². The maximum Gasteiger partial charge on any atom is 0.140 e. The molecule has 27 heavy (non-hydrogen) atoms. The number of halogens is 1. The zero-order valence-electron chi connectivity index (χ0n) is 15.4. The van der Waals surface area contributed by atoms with Crippen LogP contribution in [0.1, 0.15) is 54.5 Å². The number of piperidine rings is 1. The highest BCUT2D eigenvalue weighted by atomic mass is 35.5. The molecule has 1 aromatic carbocycles. The molecule has 3 aliphatic rings. The molecule has 0 radical (unpaired) electrons. The minimum Gasteiger partial charge on any atom is -0.325 e. The Hall–Kier alpha value is -2.16. The lowest BCUT2D eigenvalue weighted by atomic mass is 9.73. The van der Waals surface area contributed by atoms with Gasteiger partial charge in [-0.15, -0.1) is 0 Å². The van der Waals surface area contributed by atoms with Gasteiger partial charge in [0.25, 0.3) is 0 Å². The average molecular weight is 380 g/mol. The van der Waals surface area contributed by atoms with Crippen LogP contribution in [-0.4, -0.2) is 29.6 Å². The van der Waals surface area contributed by atoms with Gasteiger partial charge in [0.1, 0.15) is 18.2 Å². The van der Waals surface area contributed by atoms with E-state index in [0.717, 1.165) is 62.4 Å². The van der Waals surface area contributed by atoms with Gasteiger partial charge in [0, 0.05) is 34.5 Å². The molecule has 6 heteroatoms. The molecular formula is C21H22ClN5. The first kappa shape index (κ1) is 17.0. The molecule has 1 atom stereocenters. The summed E-state index contributed by atoms with van der Waals surface area (Å²) in [6, 6.07) is 6.32. The Kier molecular flexibility index (Phi) is 3.89. The lowest BCUT2D eigenvalue weighted by Gasteiger charge is -2.35. The van der Waals surface area contributed by atoms with E-state index in [1.54, 1.807) is 6.33 Å². The van der Waals surface area contributed by atoms with E-state index in [-0.39, 0.29) is 5.41 Å². The Bertz CT molecular complexity index is 958. The van der Waals surface area contributed by atoms with E-state index in [0.29, 0.717) is 16.5 Å². The third-order valence-electron chi connectivity index (χ3n) is 6.59. The number of nitrogens with zero attached hydrogens (tertiary/aromatic N) is 4. The summed E-state index contributed by atoms with van der Waals surface area (Å²) in [6.07, 6.45) is 5.86. The van der Waals surface area contributed by atoms with Crippen LogP contribution in [0.15, 0.2) is 18.5 Å². The van der Waals surface area contributed by atoms with Crippen molar-refractivity contribution in [3.63, 3.8) is 0 Å². The van der Waals surface area contributed by atoms with E-state index in [9.17, 15) is 5.26 Å². The Labute approximate surface area is 164 Å². The molecule has 3 heterocycles. The van der Waals surface area contributed by atoms with Crippen LogP contribution < -0.4 is 10.2 Å². The second kappa shape index (κ2) is 6.19. The van der Waals surface area contributed by atoms with Crippen molar-refractivity contribution >= 4 is 23.1 Å². The fraction of sp³-hybridized carbons (Fsp3) is 0.476. The summed E-state index contributed by atoms with van der Waals surface area (Å²) in [5.74, 6) is 1.49. The van der Waals surface area contributed by atoms with Gasteiger partial charge in [-0.05, 0) is 56.8 Å². The smallest absolute Gasteiger partial charge is 0.140 e. The standard InChI is InChI=1S/C21H22ClN5/c1-13-2-4-16-18(13)20(26-12-25-16)27-11-21(6-8-24-9-7-21)19-14(10-23)15(22)3-5-17(19)27/h3,5,12-13,24H,2,4,6-9,11H2,1H3. The van der Waals surface area contributed by atoms with Crippen LogP contribution >= 0.6 is 11.6 Å². The number of nitrogens with one attached hydrogen (secondary N) is 1. The molecule has 1 fully saturated rings. The van der Waals surface area contributed by atoms with Crippen molar-refractivity contribution in [1.29, 1.82) is 5.26 Å². The number of anilines is 2. The number of aromatic nitrogens is 2. The van der Waals surface area contributed by atoms with Gasteiger partial charge in [0.15, 0.2) is 0 Å². The second-order valence-corrected chi connectivity index (χ2v) is 8.45. The number of hydrogen-bond acceptors (Lipinski definition) is 5. The number of hydrogen-bond donors (Lipinski definition) is 1. The summed E-state index contributed by atoms with van der Waals surface area (Å²) in [5.41, 5.74) is 5.26. The first-order valence-corrected chi connectivity index (χ1v) is 10.1. The maximum absolute atomic E-state index is 9.86. The first-order valence-electron chi connectivity index (χ1n) is 9.70. The summed E-state index contributed by atoms with van der Waals surface area (Å²) in [7, 11) is 0. The van der Waals surface area contributed by atoms with Crippen LogP contribution in [0.2, 0.25) is 5.02 Å². The molecule has 1 aliphatic carbocycles. The molecular weight excluding hydrogens is 358 g/mol. The van der Waals surface area contributed by atoms with E-state index in [2.05, 4.69) is 34.3 Å². The third kappa shape index (κ3) is 2.40. The van der Waals surface area contributed by atoms with Crippen LogP contribution in [0.5, 0.6) is 0 Å². The molecule has 138 valence electrons. The quantitative estimate of drug-likeness (QED) is 0.815. The Balaban J connectivity index is 1.73. The molecule has 1 N–H and O–H groups in total. The highest BCUT2D eigenvalue weighted by Gasteiger charge is 2.47. The zero-order chi connectivity index (χ0) is 18.6. The Morgan fingerprint density at radius 3 is 2.89 bits per heavy atom. The molecule has 1 unspecified atom stereocenters. The number of nitriles is 1. The van der Waals surface area contributed by atoms with Crippen LogP contribution in [0, 0.1) is 11.3 Å². The van der Waals surface area contributed by atoms with Gasteiger partial charge in [0.2, 0.25) is 0 Å². The molecule has 5 nitrogen and oxygen atoms in total. The van der Waals surface area contributed by atoms with Gasteiger partial charge >= 0.3 is 0 Å². The predicted octanol–water partition coefficient (Wildman–Crippen LogP) is 3.82. The molecule has 2 aliphatic heterocycles. The van der Waals surface area contributed by atoms with E-state index in [1.165, 1.54) is 11.3 Å². The van der Waals surface area contributed by atoms with Crippen LogP contribution in [-0.2, 0) is 11.8 Å². The van der Waals surface area contributed by atoms with Gasteiger partial charge in [-0.1, -0.05) is 18.5 Å². The van der Waals surface area contributed by atoms with Crippen LogP contribution in [0.4, 0.5) is 11.5 Å². The minimum atomic E-state index is -0.0454. The van der Waals surface area contributed by atoms with Gasteiger partial charge in [0.05, 0.1) is 10.6 Å². The highest BCUT2D eigenvalue weighted by molar-refractivity contribution is 6.32. The molecule has 5 rings (SSSR count). The lowest BCUT2D eigenvalue weighted by Crippen LogP contribution is -2.43. The average Bonchev–Trinajstić information content (AvgIpc) is 3.22. The van der Waals surface area contributed by atoms with Crippen molar-refractivity contribution in [3.05, 3.63) is 45.9 Å². The van der Waals surface area contributed by atoms with Gasteiger partial charge < -0.3 is 10.2 Å². The zero-order valence-corrected chi connectivity index (χ0v) is 16.2. The summed E-state index contributed by atoms with van der Waals surface area (Å²) < 4.78 is 0. The summed E-state index contributed by atoms with van der Waals surface area (Å²) >= 11 is 6.44. The van der Waals surface area contributed by atoms with Crippen molar-refractivity contribution in [2.75, 3.05) is 24.5 Å². The Morgan fingerprint density at radius 2 is 2.11 bits per heavy atom. The Morgan fingerprint density at radius 1 is 1.30 bits per heavy atom. The lowest BCUT2D eigenvalue weighted by molar-refractivity contribution is 0.328. The van der Waals surface area contributed by atoms with Crippen molar-refractivity contribution in [3.8, 4) is 6.07 Å². The topological polar surface area (TPSA) is 64.8 Å². The first-order chi connectivity index (χ1) is 13.1. The van der Waals surface area contributed by atoms with Crippen molar-refractivity contribution < 1.29 is 0 Å². The van der Waals surface area contributed by atoms with Gasteiger partial charge in [-0.25, -0.2) is 9.97 Å². The number of fused-ring (bicyclic) bond motifs is 3. The fourth-order valence-electron chi connectivity index (χ4n) is 5.24. The van der Waals surface area contributed by atoms with Crippen molar-refractivity contribution in [1.82, 2.24) is 15.3 Å². The number of aryl methyl sites for hydroxylation is 1. The second-order valence-electron chi connectivity index (χ2n) is 8.04. The molecule has 2 aromatic rings. The molecule has 1 saturated heterocycles. The van der Waals surface area contributed by atoms with Gasteiger partial charge in [-0.3, -0.25) is 0 Å². The highest BCUT2D eigenvalue weighted by Crippen LogP contribution is 2.52. The summed E-state index contributed by atoms with van der Waals surface area (Å²) in [4.78, 5) is 11.6.